The molecule has 0 saturated heterocycles. The van der Waals surface area contributed by atoms with E-state index < -0.39 is 0 Å². The van der Waals surface area contributed by atoms with E-state index in [2.05, 4.69) is 33.1 Å². The molecule has 0 aliphatic heterocycles. The fraction of sp³-hybridized carbons (Fsp3) is 0.143. The predicted molar refractivity (Wildman–Crippen MR) is 43.6 cm³/mol. The topological polar surface area (TPSA) is 15.8 Å². The summed E-state index contributed by atoms with van der Waals surface area (Å²) < 4.78 is 0. The zero-order valence-electron chi connectivity index (χ0n) is 4.97. The van der Waals surface area contributed by atoms with Gasteiger partial charge in [-0.25, -0.2) is 0 Å². The van der Waals surface area contributed by atoms with Crippen LogP contribution >= 0.6 is 15.9 Å². The average Bonchev–Trinajstić information content (AvgIpc) is 2.34. The molecule has 0 atom stereocenters. The third kappa shape index (κ3) is 2.06. The van der Waals surface area contributed by atoms with Crippen LogP contribution in [0.4, 0.5) is 0 Å². The Morgan fingerprint density at radius 3 is 3.11 bits per heavy atom. The van der Waals surface area contributed by atoms with E-state index in [4.69, 9.17) is 0 Å². The maximum absolute atomic E-state index is 3.30. The van der Waals surface area contributed by atoms with Crippen molar-refractivity contribution < 1.29 is 0 Å². The van der Waals surface area contributed by atoms with Gasteiger partial charge in [0.1, 0.15) is 0 Å². The third-order valence-electron chi connectivity index (χ3n) is 1.02. The summed E-state index contributed by atoms with van der Waals surface area (Å²) in [7, 11) is 0. The van der Waals surface area contributed by atoms with Gasteiger partial charge in [0, 0.05) is 17.7 Å². The molecule has 48 valence electrons. The van der Waals surface area contributed by atoms with Gasteiger partial charge >= 0.3 is 0 Å². The van der Waals surface area contributed by atoms with Gasteiger partial charge < -0.3 is 4.98 Å². The number of halogens is 1. The summed E-state index contributed by atoms with van der Waals surface area (Å²) >= 11 is 3.30. The first kappa shape index (κ1) is 6.62. The molecule has 1 heterocycles. The van der Waals surface area contributed by atoms with Crippen LogP contribution in [0.1, 0.15) is 5.56 Å². The Morgan fingerprint density at radius 2 is 2.56 bits per heavy atom. The van der Waals surface area contributed by atoms with Crippen molar-refractivity contribution in [1.82, 2.24) is 4.98 Å². The van der Waals surface area contributed by atoms with Gasteiger partial charge in [-0.2, -0.15) is 0 Å². The molecule has 0 aromatic carbocycles. The number of allylic oxidation sites excluding steroid dienone is 1. The fourth-order valence-corrected chi connectivity index (χ4v) is 0.808. The Morgan fingerprint density at radius 1 is 1.67 bits per heavy atom. The number of hydrogen-bond donors (Lipinski definition) is 1. The number of nitrogens with one attached hydrogen (secondary N) is 1. The van der Waals surface area contributed by atoms with Crippen LogP contribution in [0, 0.1) is 0 Å². The quantitative estimate of drug-likeness (QED) is 0.682. The van der Waals surface area contributed by atoms with E-state index in [1.165, 1.54) is 5.56 Å². The summed E-state index contributed by atoms with van der Waals surface area (Å²) in [6.45, 7) is 0. The standard InChI is InChI=1S/C7H8BrN/c8-4-1-2-7-3-5-9-6-7/h1-3,5-6,9H,4H2. The minimum atomic E-state index is 0.915. The maximum Gasteiger partial charge on any atom is 0.0215 e. The number of aromatic nitrogens is 1. The van der Waals surface area contributed by atoms with Gasteiger partial charge in [0.2, 0.25) is 0 Å². The Balaban J connectivity index is 2.57. The molecule has 1 aromatic heterocycles. The van der Waals surface area contributed by atoms with Gasteiger partial charge in [0.05, 0.1) is 0 Å². The summed E-state index contributed by atoms with van der Waals surface area (Å²) in [4.78, 5) is 2.97. The molecular weight excluding hydrogens is 178 g/mol. The molecule has 1 rings (SSSR count). The van der Waals surface area contributed by atoms with Crippen LogP contribution in [-0.4, -0.2) is 10.3 Å². The Bertz CT molecular complexity index is 177. The van der Waals surface area contributed by atoms with E-state index in [0.717, 1.165) is 5.33 Å². The molecular formula is C7H8BrN. The first-order chi connectivity index (χ1) is 4.43. The summed E-state index contributed by atoms with van der Waals surface area (Å²) in [5, 5.41) is 0.915. The molecule has 0 aliphatic rings. The second-order valence-corrected chi connectivity index (χ2v) is 2.35. The zero-order chi connectivity index (χ0) is 6.53. The molecule has 1 N–H and O–H groups in total. The number of H-pyrrole nitrogens is 1. The van der Waals surface area contributed by atoms with Gasteiger partial charge in [-0.15, -0.1) is 0 Å². The van der Waals surface area contributed by atoms with E-state index in [0.29, 0.717) is 0 Å². The van der Waals surface area contributed by atoms with Gasteiger partial charge in [0.15, 0.2) is 0 Å². The molecule has 0 spiro atoms. The van der Waals surface area contributed by atoms with Crippen LogP contribution < -0.4 is 0 Å². The monoisotopic (exact) mass is 185 g/mol. The second kappa shape index (κ2) is 3.51. The van der Waals surface area contributed by atoms with E-state index >= 15 is 0 Å². The second-order valence-electron chi connectivity index (χ2n) is 1.70. The summed E-state index contributed by atoms with van der Waals surface area (Å²) in [5.41, 5.74) is 1.22. The highest BCUT2D eigenvalue weighted by Gasteiger charge is 1.80. The van der Waals surface area contributed by atoms with Crippen molar-refractivity contribution in [3.8, 4) is 0 Å². The van der Waals surface area contributed by atoms with E-state index in [1.54, 1.807) is 0 Å². The molecule has 0 bridgehead atoms. The van der Waals surface area contributed by atoms with Gasteiger partial charge in [0.25, 0.3) is 0 Å². The summed E-state index contributed by atoms with van der Waals surface area (Å²) in [6.07, 6.45) is 7.99. The minimum Gasteiger partial charge on any atom is -0.367 e. The van der Waals surface area contributed by atoms with Crippen LogP contribution in [0.2, 0.25) is 0 Å². The van der Waals surface area contributed by atoms with E-state index in [9.17, 15) is 0 Å². The van der Waals surface area contributed by atoms with Gasteiger partial charge in [-0.05, 0) is 11.6 Å². The molecule has 0 fully saturated rings. The van der Waals surface area contributed by atoms with Gasteiger partial charge in [-0.1, -0.05) is 28.1 Å². The summed E-state index contributed by atoms with van der Waals surface area (Å²) in [5.74, 6) is 0. The van der Waals surface area contributed by atoms with Crippen molar-refractivity contribution in [2.75, 3.05) is 5.33 Å². The lowest BCUT2D eigenvalue weighted by Crippen LogP contribution is -1.61. The number of alkyl halides is 1. The Labute approximate surface area is 62.9 Å². The van der Waals surface area contributed by atoms with Crippen molar-refractivity contribution >= 4 is 22.0 Å². The highest BCUT2D eigenvalue weighted by atomic mass is 79.9. The van der Waals surface area contributed by atoms with E-state index in [-0.39, 0.29) is 0 Å². The first-order valence-electron chi connectivity index (χ1n) is 2.79. The fourth-order valence-electron chi connectivity index (χ4n) is 0.621. The number of hydrogen-bond acceptors (Lipinski definition) is 0. The third-order valence-corrected chi connectivity index (χ3v) is 1.40. The first-order valence-corrected chi connectivity index (χ1v) is 3.91. The van der Waals surface area contributed by atoms with Crippen LogP contribution in [-0.2, 0) is 0 Å². The highest BCUT2D eigenvalue weighted by molar-refractivity contribution is 9.09. The van der Waals surface area contributed by atoms with Crippen molar-refractivity contribution in [3.05, 3.63) is 30.1 Å². The normalized spacial score (nSPS) is 10.8. The molecule has 0 amide bonds. The molecule has 2 heteroatoms. The number of rotatable bonds is 2. The smallest absolute Gasteiger partial charge is 0.0215 e. The van der Waals surface area contributed by atoms with Crippen LogP contribution in [0.15, 0.2) is 24.5 Å². The maximum atomic E-state index is 3.30. The molecule has 0 saturated carbocycles. The molecule has 0 aliphatic carbocycles. The lowest BCUT2D eigenvalue weighted by atomic mass is 10.3. The van der Waals surface area contributed by atoms with Crippen molar-refractivity contribution in [1.29, 1.82) is 0 Å². The van der Waals surface area contributed by atoms with E-state index in [1.807, 2.05) is 18.5 Å². The average molecular weight is 186 g/mol. The Kier molecular flexibility index (Phi) is 2.58. The molecule has 0 radical (unpaired) electrons. The SMILES string of the molecule is BrCC=Cc1cc[nH]c1. The number of aromatic amines is 1. The lowest BCUT2D eigenvalue weighted by molar-refractivity contribution is 1.41. The summed E-state index contributed by atoms with van der Waals surface area (Å²) in [6, 6.07) is 2.03. The lowest BCUT2D eigenvalue weighted by Gasteiger charge is -1.78. The van der Waals surface area contributed by atoms with Crippen molar-refractivity contribution in [2.24, 2.45) is 0 Å². The molecule has 1 aromatic rings. The molecule has 1 nitrogen and oxygen atoms in total. The predicted octanol–water partition coefficient (Wildman–Crippen LogP) is 2.42. The van der Waals surface area contributed by atoms with Crippen LogP contribution in [0.3, 0.4) is 0 Å². The Hall–Kier alpha value is -0.500. The minimum absolute atomic E-state index is 0.915. The molecule has 0 unspecified atom stereocenters. The zero-order valence-corrected chi connectivity index (χ0v) is 6.56. The highest BCUT2D eigenvalue weighted by Crippen LogP contribution is 1.99. The van der Waals surface area contributed by atoms with Gasteiger partial charge in [-0.3, -0.25) is 0 Å². The molecule has 9 heavy (non-hydrogen) atoms. The van der Waals surface area contributed by atoms with Crippen molar-refractivity contribution in [2.45, 2.75) is 0 Å². The van der Waals surface area contributed by atoms with Crippen LogP contribution in [0.25, 0.3) is 6.08 Å². The largest absolute Gasteiger partial charge is 0.367 e. The van der Waals surface area contributed by atoms with Crippen LogP contribution in [0.5, 0.6) is 0 Å². The van der Waals surface area contributed by atoms with Crippen molar-refractivity contribution in [3.63, 3.8) is 0 Å².